The van der Waals surface area contributed by atoms with E-state index in [4.69, 9.17) is 5.11 Å². The van der Waals surface area contributed by atoms with E-state index < -0.39 is 5.97 Å². The Kier molecular flexibility index (Phi) is 6.70. The van der Waals surface area contributed by atoms with Crippen LogP contribution in [0.3, 0.4) is 0 Å². The molecule has 0 amide bonds. The van der Waals surface area contributed by atoms with Gasteiger partial charge in [-0.3, -0.25) is 0 Å². The maximum atomic E-state index is 10.9. The van der Waals surface area contributed by atoms with E-state index in [2.05, 4.69) is 47.9 Å². The molecule has 3 nitrogen and oxygen atoms in total. The fraction of sp³-hybridized carbons (Fsp3) is 0.0909. The number of benzene rings is 2. The third-order valence-electron chi connectivity index (χ3n) is 4.13. The Hall–Kier alpha value is -2.91. The van der Waals surface area contributed by atoms with Crippen LogP contribution in [0.15, 0.2) is 73.1 Å². The summed E-state index contributed by atoms with van der Waals surface area (Å²) in [6.45, 7) is 2.82. The van der Waals surface area contributed by atoms with Gasteiger partial charge in [0.25, 0.3) is 0 Å². The Morgan fingerprint density at radius 1 is 0.962 bits per heavy atom. The van der Waals surface area contributed by atoms with E-state index in [-0.39, 0.29) is 12.4 Å². The zero-order valence-corrected chi connectivity index (χ0v) is 15.2. The van der Waals surface area contributed by atoms with Crippen molar-refractivity contribution in [3.63, 3.8) is 0 Å². The fourth-order valence-corrected chi connectivity index (χ4v) is 2.61. The lowest BCUT2D eigenvalue weighted by Gasteiger charge is -2.00. The summed E-state index contributed by atoms with van der Waals surface area (Å²) in [7, 11) is 0. The molecule has 0 aliphatic heterocycles. The third kappa shape index (κ3) is 5.04. The molecule has 3 aromatic rings. The lowest BCUT2D eigenvalue weighted by molar-refractivity contribution is -0.688. The molecule has 3 rings (SSSR count). The van der Waals surface area contributed by atoms with Gasteiger partial charge in [-0.15, -0.1) is 0 Å². The molecule has 0 aliphatic carbocycles. The summed E-state index contributed by atoms with van der Waals surface area (Å²) in [5.41, 5.74) is 5.00. The van der Waals surface area contributed by atoms with Crippen molar-refractivity contribution in [2.45, 2.75) is 13.5 Å². The molecule has 0 spiro atoms. The van der Waals surface area contributed by atoms with Gasteiger partial charge in [0.2, 0.25) is 0 Å². The van der Waals surface area contributed by atoms with Gasteiger partial charge in [-0.05, 0) is 35.7 Å². The number of nitrogens with zero attached hydrogens (tertiary/aromatic N) is 1. The van der Waals surface area contributed by atoms with Crippen LogP contribution in [0.4, 0.5) is 0 Å². The molecule has 132 valence electrons. The topological polar surface area (TPSA) is 41.2 Å². The van der Waals surface area contributed by atoms with E-state index in [1.165, 1.54) is 11.1 Å². The Balaban J connectivity index is 0.00000243. The molecule has 1 aromatic heterocycles. The van der Waals surface area contributed by atoms with E-state index in [9.17, 15) is 4.79 Å². The molecule has 0 atom stereocenters. The minimum Gasteiger partial charge on any atom is -1.00 e. The third-order valence-corrected chi connectivity index (χ3v) is 4.13. The zero-order chi connectivity index (χ0) is 17.6. The highest BCUT2D eigenvalue weighted by atomic mass is 35.5. The molecule has 0 aliphatic rings. The molecule has 0 saturated carbocycles. The van der Waals surface area contributed by atoms with Crippen LogP contribution < -0.4 is 17.0 Å². The number of aryl methyl sites for hydroxylation is 1. The maximum Gasteiger partial charge on any atom is 0.335 e. The van der Waals surface area contributed by atoms with Crippen LogP contribution in [0.2, 0.25) is 0 Å². The average molecular weight is 366 g/mol. The second-order valence-electron chi connectivity index (χ2n) is 6.00. The lowest BCUT2D eigenvalue weighted by atomic mass is 10.1. The molecular formula is C22H20ClNO2. The molecular weight excluding hydrogens is 346 g/mol. The summed E-state index contributed by atoms with van der Waals surface area (Å²) >= 11 is 0. The van der Waals surface area contributed by atoms with Gasteiger partial charge >= 0.3 is 5.97 Å². The Morgan fingerprint density at radius 3 is 2.23 bits per heavy atom. The Labute approximate surface area is 159 Å². The van der Waals surface area contributed by atoms with Crippen LogP contribution >= 0.6 is 0 Å². The van der Waals surface area contributed by atoms with E-state index in [1.54, 1.807) is 12.1 Å². The molecule has 26 heavy (non-hydrogen) atoms. The minimum atomic E-state index is -0.899. The normalized spacial score (nSPS) is 10.5. The number of hydrogen-bond acceptors (Lipinski definition) is 1. The quantitative estimate of drug-likeness (QED) is 0.690. The van der Waals surface area contributed by atoms with Crippen LogP contribution in [0.5, 0.6) is 0 Å². The zero-order valence-electron chi connectivity index (χ0n) is 14.5. The highest BCUT2D eigenvalue weighted by Crippen LogP contribution is 2.11. The number of pyridine rings is 1. The molecule has 0 bridgehead atoms. The van der Waals surface area contributed by atoms with Crippen molar-refractivity contribution >= 4 is 18.1 Å². The van der Waals surface area contributed by atoms with Crippen LogP contribution in [0.1, 0.15) is 32.6 Å². The van der Waals surface area contributed by atoms with Crippen molar-refractivity contribution in [3.05, 3.63) is 101 Å². The number of carboxylic acid groups (broad SMARTS) is 1. The van der Waals surface area contributed by atoms with Gasteiger partial charge in [-0.2, -0.15) is 0 Å². The van der Waals surface area contributed by atoms with E-state index in [0.29, 0.717) is 12.1 Å². The summed E-state index contributed by atoms with van der Waals surface area (Å²) in [6.07, 6.45) is 8.29. The summed E-state index contributed by atoms with van der Waals surface area (Å²) in [5.74, 6) is -0.899. The van der Waals surface area contributed by atoms with Crippen LogP contribution in [-0.4, -0.2) is 11.1 Å². The highest BCUT2D eigenvalue weighted by molar-refractivity contribution is 5.87. The van der Waals surface area contributed by atoms with Gasteiger partial charge in [-0.1, -0.05) is 48.6 Å². The first-order valence-corrected chi connectivity index (χ1v) is 8.17. The summed E-state index contributed by atoms with van der Waals surface area (Å²) < 4.78 is 2.07. The molecule has 0 unspecified atom stereocenters. The Morgan fingerprint density at radius 2 is 1.62 bits per heavy atom. The Bertz CT molecular complexity index is 900. The summed E-state index contributed by atoms with van der Waals surface area (Å²) in [4.78, 5) is 10.9. The monoisotopic (exact) mass is 365 g/mol. The first-order valence-electron chi connectivity index (χ1n) is 8.17. The molecule has 0 saturated heterocycles. The number of halogens is 1. The van der Waals surface area contributed by atoms with Gasteiger partial charge in [0.05, 0.1) is 5.56 Å². The van der Waals surface area contributed by atoms with Gasteiger partial charge in [0, 0.05) is 17.7 Å². The first kappa shape index (κ1) is 19.4. The predicted octanol–water partition coefficient (Wildman–Crippen LogP) is 1.20. The van der Waals surface area contributed by atoms with Gasteiger partial charge < -0.3 is 17.5 Å². The predicted molar refractivity (Wildman–Crippen MR) is 99.2 cm³/mol. The van der Waals surface area contributed by atoms with Crippen LogP contribution in [-0.2, 0) is 6.54 Å². The van der Waals surface area contributed by atoms with E-state index in [0.717, 1.165) is 11.1 Å². The number of hydrogen-bond donors (Lipinski definition) is 1. The number of aromatic carboxylic acids is 1. The van der Waals surface area contributed by atoms with Crippen LogP contribution in [0.25, 0.3) is 12.2 Å². The number of carbonyl (C=O) groups is 1. The molecule has 0 radical (unpaired) electrons. The molecule has 1 N–H and O–H groups in total. The highest BCUT2D eigenvalue weighted by Gasteiger charge is 2.05. The van der Waals surface area contributed by atoms with Gasteiger partial charge in [0.1, 0.15) is 0 Å². The van der Waals surface area contributed by atoms with Crippen molar-refractivity contribution in [1.29, 1.82) is 0 Å². The van der Waals surface area contributed by atoms with Crippen molar-refractivity contribution in [2.75, 3.05) is 0 Å². The largest absolute Gasteiger partial charge is 1.00 e. The van der Waals surface area contributed by atoms with Crippen LogP contribution in [0, 0.1) is 6.92 Å². The van der Waals surface area contributed by atoms with Gasteiger partial charge in [0.15, 0.2) is 18.9 Å². The summed E-state index contributed by atoms with van der Waals surface area (Å²) in [5, 5.41) is 8.93. The molecule has 1 heterocycles. The second-order valence-corrected chi connectivity index (χ2v) is 6.00. The summed E-state index contributed by atoms with van der Waals surface area (Å²) in [6, 6.07) is 19.4. The van der Waals surface area contributed by atoms with Gasteiger partial charge in [-0.25, -0.2) is 9.36 Å². The van der Waals surface area contributed by atoms with Crippen molar-refractivity contribution in [3.8, 4) is 0 Å². The lowest BCUT2D eigenvalue weighted by Crippen LogP contribution is -3.00. The SMILES string of the molecule is Cc1ccccc1/C=C\c1cc[n+](Cc2ccc(C(=O)O)cc2)cc1.[Cl-]. The maximum absolute atomic E-state index is 10.9. The molecule has 2 aromatic carbocycles. The minimum absolute atomic E-state index is 0. The van der Waals surface area contributed by atoms with Crippen molar-refractivity contribution in [1.82, 2.24) is 0 Å². The molecule has 0 fully saturated rings. The first-order chi connectivity index (χ1) is 12.1. The number of carboxylic acids is 1. The number of rotatable bonds is 5. The molecule has 4 heteroatoms. The number of aromatic nitrogens is 1. The van der Waals surface area contributed by atoms with E-state index in [1.807, 2.05) is 36.7 Å². The van der Waals surface area contributed by atoms with Crippen molar-refractivity contribution in [2.24, 2.45) is 0 Å². The van der Waals surface area contributed by atoms with E-state index >= 15 is 0 Å². The van der Waals surface area contributed by atoms with Crippen molar-refractivity contribution < 1.29 is 26.9 Å². The second kappa shape index (κ2) is 8.97. The fourth-order valence-electron chi connectivity index (χ4n) is 2.61. The average Bonchev–Trinajstić information content (AvgIpc) is 2.63. The smallest absolute Gasteiger partial charge is 0.335 e. The standard InChI is InChI=1S/C22H19NO2.ClH/c1-17-4-2-3-5-20(17)9-6-18-12-14-23(15-13-18)16-19-7-10-21(11-8-19)22(24)25;/h2-15H,16H2,1H3;1H/b9-6-;.